The highest BCUT2D eigenvalue weighted by Crippen LogP contribution is 2.18. The average molecular weight is 270 g/mol. The first kappa shape index (κ1) is 12.9. The van der Waals surface area contributed by atoms with Gasteiger partial charge in [0.25, 0.3) is 5.91 Å². The Bertz CT molecular complexity index is 392. The maximum absolute atomic E-state index is 12.0. The van der Waals surface area contributed by atoms with Gasteiger partial charge in [-0.2, -0.15) is 0 Å². The molecule has 1 aromatic heterocycles. The summed E-state index contributed by atoms with van der Waals surface area (Å²) in [5, 5.41) is 4.99. The quantitative estimate of drug-likeness (QED) is 0.826. The smallest absolute Gasteiger partial charge is 0.261 e. The Morgan fingerprint density at radius 1 is 1.71 bits per heavy atom. The number of thiol groups is 1. The largest absolute Gasteiger partial charge is 0.347 e. The van der Waals surface area contributed by atoms with Gasteiger partial charge in [0, 0.05) is 22.9 Å². The highest BCUT2D eigenvalue weighted by molar-refractivity contribution is 7.80. The molecule has 3 nitrogen and oxygen atoms in total. The monoisotopic (exact) mass is 270 g/mol. The van der Waals surface area contributed by atoms with E-state index in [0.717, 1.165) is 35.8 Å². The first-order valence-corrected chi connectivity index (χ1v) is 7.32. The van der Waals surface area contributed by atoms with Crippen LogP contribution in [0.5, 0.6) is 0 Å². The summed E-state index contributed by atoms with van der Waals surface area (Å²) < 4.78 is 0. The van der Waals surface area contributed by atoms with E-state index in [1.54, 1.807) is 0 Å². The molecule has 0 bridgehead atoms. The zero-order valence-corrected chi connectivity index (χ0v) is 11.7. The lowest BCUT2D eigenvalue weighted by Crippen LogP contribution is -2.47. The summed E-state index contributed by atoms with van der Waals surface area (Å²) in [6.45, 7) is 5.35. The van der Waals surface area contributed by atoms with E-state index >= 15 is 0 Å². The molecule has 1 aromatic rings. The standard InChI is InChI=1S/C12H18N2OS2/c1-2-14-5-3-4-9(7-14)13-12(15)11-6-10(16)8-17-11/h6,8-9,16H,2-5,7H2,1H3,(H,13,15). The van der Waals surface area contributed by atoms with Gasteiger partial charge in [0.2, 0.25) is 0 Å². The molecule has 0 saturated carbocycles. The number of piperidine rings is 1. The summed E-state index contributed by atoms with van der Waals surface area (Å²) in [6.07, 6.45) is 2.25. The summed E-state index contributed by atoms with van der Waals surface area (Å²) >= 11 is 5.67. The van der Waals surface area contributed by atoms with Crippen molar-refractivity contribution in [2.45, 2.75) is 30.7 Å². The summed E-state index contributed by atoms with van der Waals surface area (Å²) in [5.74, 6) is 0.0400. The van der Waals surface area contributed by atoms with Gasteiger partial charge in [0.05, 0.1) is 4.88 Å². The van der Waals surface area contributed by atoms with Crippen LogP contribution in [0.4, 0.5) is 0 Å². The summed E-state index contributed by atoms with van der Waals surface area (Å²) in [4.78, 5) is 16.0. The lowest BCUT2D eigenvalue weighted by Gasteiger charge is -2.32. The SMILES string of the molecule is CCN1CCCC(NC(=O)c2cc(S)cs2)C1. The summed E-state index contributed by atoms with van der Waals surface area (Å²) in [7, 11) is 0. The van der Waals surface area contributed by atoms with Crippen molar-refractivity contribution < 1.29 is 4.79 Å². The molecule has 1 saturated heterocycles. The van der Waals surface area contributed by atoms with Crippen LogP contribution in [0.1, 0.15) is 29.4 Å². The van der Waals surface area contributed by atoms with Crippen LogP contribution in [0, 0.1) is 0 Å². The lowest BCUT2D eigenvalue weighted by atomic mass is 10.1. The molecule has 0 aliphatic carbocycles. The Morgan fingerprint density at radius 3 is 3.18 bits per heavy atom. The Hall–Kier alpha value is -0.520. The third-order valence-corrected chi connectivity index (χ3v) is 4.46. The van der Waals surface area contributed by atoms with Crippen molar-refractivity contribution in [3.05, 3.63) is 16.3 Å². The molecule has 94 valence electrons. The predicted molar refractivity (Wildman–Crippen MR) is 74.2 cm³/mol. The lowest BCUT2D eigenvalue weighted by molar-refractivity contribution is 0.0910. The minimum atomic E-state index is 0.0400. The van der Waals surface area contributed by atoms with Crippen LogP contribution in [0.25, 0.3) is 0 Å². The van der Waals surface area contributed by atoms with Gasteiger partial charge in [-0.3, -0.25) is 4.79 Å². The maximum atomic E-state index is 12.0. The number of nitrogens with one attached hydrogen (secondary N) is 1. The van der Waals surface area contributed by atoms with Crippen molar-refractivity contribution in [1.29, 1.82) is 0 Å². The Balaban J connectivity index is 1.90. The van der Waals surface area contributed by atoms with Crippen LogP contribution in [-0.4, -0.2) is 36.5 Å². The minimum Gasteiger partial charge on any atom is -0.347 e. The normalized spacial score (nSPS) is 21.4. The van der Waals surface area contributed by atoms with Crippen molar-refractivity contribution in [2.24, 2.45) is 0 Å². The van der Waals surface area contributed by atoms with Gasteiger partial charge in [-0.25, -0.2) is 0 Å². The third-order valence-electron chi connectivity index (χ3n) is 3.10. The molecule has 0 spiro atoms. The molecule has 5 heteroatoms. The van der Waals surface area contributed by atoms with E-state index < -0.39 is 0 Å². The van der Waals surface area contributed by atoms with Crippen LogP contribution >= 0.6 is 24.0 Å². The average Bonchev–Trinajstić information content (AvgIpc) is 2.76. The van der Waals surface area contributed by atoms with E-state index in [0.29, 0.717) is 6.04 Å². The fraction of sp³-hybridized carbons (Fsp3) is 0.583. The number of carbonyl (C=O) groups excluding carboxylic acids is 1. The van der Waals surface area contributed by atoms with Crippen LogP contribution < -0.4 is 5.32 Å². The number of thiophene rings is 1. The topological polar surface area (TPSA) is 32.3 Å². The summed E-state index contributed by atoms with van der Waals surface area (Å²) in [6, 6.07) is 2.12. The number of likely N-dealkylation sites (tertiary alicyclic amines) is 1. The number of nitrogens with zero attached hydrogens (tertiary/aromatic N) is 1. The van der Waals surface area contributed by atoms with E-state index in [1.807, 2.05) is 11.4 Å². The van der Waals surface area contributed by atoms with Crippen LogP contribution in [0.2, 0.25) is 0 Å². The van der Waals surface area contributed by atoms with Crippen molar-refractivity contribution in [1.82, 2.24) is 10.2 Å². The van der Waals surface area contributed by atoms with Crippen molar-refractivity contribution in [2.75, 3.05) is 19.6 Å². The third kappa shape index (κ3) is 3.47. The fourth-order valence-electron chi connectivity index (χ4n) is 2.16. The number of likely N-dealkylation sites (N-methyl/N-ethyl adjacent to an activating group) is 1. The molecule has 1 amide bonds. The molecule has 0 radical (unpaired) electrons. The molecule has 1 atom stereocenters. The van der Waals surface area contributed by atoms with E-state index in [4.69, 9.17) is 0 Å². The van der Waals surface area contributed by atoms with E-state index in [9.17, 15) is 4.79 Å². The molecular weight excluding hydrogens is 252 g/mol. The molecular formula is C12H18N2OS2. The van der Waals surface area contributed by atoms with Gasteiger partial charge in [-0.1, -0.05) is 6.92 Å². The van der Waals surface area contributed by atoms with Gasteiger partial charge < -0.3 is 10.2 Å². The molecule has 1 aliphatic rings. The molecule has 17 heavy (non-hydrogen) atoms. The molecule has 1 unspecified atom stereocenters. The molecule has 1 N–H and O–H groups in total. The van der Waals surface area contributed by atoms with Crippen molar-refractivity contribution >= 4 is 29.9 Å². The number of amides is 1. The molecule has 1 aliphatic heterocycles. The highest BCUT2D eigenvalue weighted by Gasteiger charge is 2.21. The van der Waals surface area contributed by atoms with E-state index in [-0.39, 0.29) is 5.91 Å². The molecule has 1 fully saturated rings. The van der Waals surface area contributed by atoms with Gasteiger partial charge in [-0.15, -0.1) is 24.0 Å². The Labute approximate surface area is 112 Å². The van der Waals surface area contributed by atoms with Gasteiger partial charge in [0.15, 0.2) is 0 Å². The van der Waals surface area contributed by atoms with E-state index in [2.05, 4.69) is 29.8 Å². The van der Waals surface area contributed by atoms with Gasteiger partial charge in [-0.05, 0) is 32.0 Å². The maximum Gasteiger partial charge on any atom is 0.261 e. The number of carbonyl (C=O) groups is 1. The van der Waals surface area contributed by atoms with Crippen LogP contribution in [0.15, 0.2) is 16.3 Å². The molecule has 0 aromatic carbocycles. The van der Waals surface area contributed by atoms with E-state index in [1.165, 1.54) is 17.8 Å². The zero-order chi connectivity index (χ0) is 12.3. The molecule has 2 rings (SSSR count). The second-order valence-corrected chi connectivity index (χ2v) is 5.80. The number of hydrogen-bond acceptors (Lipinski definition) is 4. The molecule has 2 heterocycles. The fourth-order valence-corrected chi connectivity index (χ4v) is 3.21. The second-order valence-electron chi connectivity index (χ2n) is 4.37. The number of rotatable bonds is 3. The minimum absolute atomic E-state index is 0.0400. The Morgan fingerprint density at radius 2 is 2.53 bits per heavy atom. The van der Waals surface area contributed by atoms with Gasteiger partial charge >= 0.3 is 0 Å². The van der Waals surface area contributed by atoms with Crippen molar-refractivity contribution in [3.8, 4) is 0 Å². The number of hydrogen-bond donors (Lipinski definition) is 2. The van der Waals surface area contributed by atoms with Gasteiger partial charge in [0.1, 0.15) is 0 Å². The predicted octanol–water partition coefficient (Wildman–Crippen LogP) is 2.25. The highest BCUT2D eigenvalue weighted by atomic mass is 32.1. The second kappa shape index (κ2) is 5.89. The van der Waals surface area contributed by atoms with Crippen LogP contribution in [-0.2, 0) is 0 Å². The zero-order valence-electron chi connectivity index (χ0n) is 9.98. The van der Waals surface area contributed by atoms with Crippen LogP contribution in [0.3, 0.4) is 0 Å². The summed E-state index contributed by atoms with van der Waals surface area (Å²) in [5.41, 5.74) is 0. The Kier molecular flexibility index (Phi) is 4.48. The van der Waals surface area contributed by atoms with Crippen molar-refractivity contribution in [3.63, 3.8) is 0 Å². The first-order valence-electron chi connectivity index (χ1n) is 5.99. The first-order chi connectivity index (χ1) is 8.19.